The summed E-state index contributed by atoms with van der Waals surface area (Å²) in [6, 6.07) is 0. The van der Waals surface area contributed by atoms with Crippen molar-refractivity contribution in [2.75, 3.05) is 13.6 Å². The summed E-state index contributed by atoms with van der Waals surface area (Å²) >= 11 is 0. The van der Waals surface area contributed by atoms with E-state index in [0.717, 1.165) is 0 Å². The van der Waals surface area contributed by atoms with Crippen molar-refractivity contribution in [1.82, 2.24) is 4.90 Å². The van der Waals surface area contributed by atoms with Crippen LogP contribution in [0, 0.1) is 5.41 Å². The molecule has 0 aliphatic rings. The Labute approximate surface area is 104 Å². The van der Waals surface area contributed by atoms with Crippen LogP contribution in [0.5, 0.6) is 0 Å². The summed E-state index contributed by atoms with van der Waals surface area (Å²) in [6.07, 6.45) is 6.88. The molecule has 98 valence electrons. The zero-order valence-corrected chi connectivity index (χ0v) is 12.7. The first kappa shape index (κ1) is 16.0. The lowest BCUT2D eigenvalue weighted by Crippen LogP contribution is -2.38. The summed E-state index contributed by atoms with van der Waals surface area (Å²) < 4.78 is 0. The fourth-order valence-corrected chi connectivity index (χ4v) is 1.69. The smallest absolute Gasteiger partial charge is 0.0122 e. The first-order valence-corrected chi connectivity index (χ1v) is 6.84. The zero-order chi connectivity index (χ0) is 12.8. The van der Waals surface area contributed by atoms with Crippen LogP contribution in [0.25, 0.3) is 0 Å². The molecule has 0 rings (SSSR count). The number of hydrogen-bond acceptors (Lipinski definition) is 1. The average Bonchev–Trinajstić information content (AvgIpc) is 2.07. The number of unbranched alkanes of at least 4 members (excludes halogenated alkanes) is 3. The second kappa shape index (κ2) is 6.64. The van der Waals surface area contributed by atoms with E-state index in [2.05, 4.69) is 53.5 Å². The summed E-state index contributed by atoms with van der Waals surface area (Å²) in [5, 5.41) is 0. The largest absolute Gasteiger partial charge is 0.302 e. The SMILES string of the molecule is CN(CCCCCCC(C)(C)C)C(C)(C)C. The minimum absolute atomic E-state index is 0.325. The van der Waals surface area contributed by atoms with Gasteiger partial charge in [0.25, 0.3) is 0 Å². The van der Waals surface area contributed by atoms with Crippen molar-refractivity contribution in [2.45, 2.75) is 79.2 Å². The van der Waals surface area contributed by atoms with Crippen molar-refractivity contribution in [3.8, 4) is 0 Å². The molecule has 0 unspecified atom stereocenters. The van der Waals surface area contributed by atoms with E-state index < -0.39 is 0 Å². The minimum atomic E-state index is 0.325. The van der Waals surface area contributed by atoms with Crippen molar-refractivity contribution >= 4 is 0 Å². The highest BCUT2D eigenvalue weighted by Gasteiger charge is 2.15. The van der Waals surface area contributed by atoms with E-state index in [-0.39, 0.29) is 0 Å². The van der Waals surface area contributed by atoms with E-state index in [1.54, 1.807) is 0 Å². The van der Waals surface area contributed by atoms with Crippen molar-refractivity contribution in [3.05, 3.63) is 0 Å². The lowest BCUT2D eigenvalue weighted by atomic mass is 9.89. The Balaban J connectivity index is 3.41. The lowest BCUT2D eigenvalue weighted by molar-refractivity contribution is 0.172. The molecule has 0 heterocycles. The van der Waals surface area contributed by atoms with Crippen LogP contribution in [0.4, 0.5) is 0 Å². The van der Waals surface area contributed by atoms with Gasteiger partial charge in [-0.3, -0.25) is 0 Å². The average molecular weight is 227 g/mol. The Hall–Kier alpha value is -0.0400. The van der Waals surface area contributed by atoms with E-state index in [1.165, 1.54) is 38.6 Å². The maximum Gasteiger partial charge on any atom is 0.0122 e. The Morgan fingerprint density at radius 3 is 1.69 bits per heavy atom. The van der Waals surface area contributed by atoms with Gasteiger partial charge < -0.3 is 4.90 Å². The van der Waals surface area contributed by atoms with Crippen LogP contribution >= 0.6 is 0 Å². The fourth-order valence-electron chi connectivity index (χ4n) is 1.69. The normalized spacial score (nSPS) is 13.5. The molecule has 0 amide bonds. The highest BCUT2D eigenvalue weighted by molar-refractivity contribution is 4.72. The predicted octanol–water partition coefficient (Wildman–Crippen LogP) is 4.71. The van der Waals surface area contributed by atoms with E-state index in [4.69, 9.17) is 0 Å². The van der Waals surface area contributed by atoms with Crippen molar-refractivity contribution in [2.24, 2.45) is 5.41 Å². The van der Waals surface area contributed by atoms with Gasteiger partial charge >= 0.3 is 0 Å². The van der Waals surface area contributed by atoms with Gasteiger partial charge in [-0.15, -0.1) is 0 Å². The molecule has 0 fully saturated rings. The van der Waals surface area contributed by atoms with Crippen LogP contribution in [0.2, 0.25) is 0 Å². The van der Waals surface area contributed by atoms with Crippen LogP contribution < -0.4 is 0 Å². The highest BCUT2D eigenvalue weighted by atomic mass is 15.1. The summed E-state index contributed by atoms with van der Waals surface area (Å²) in [4.78, 5) is 2.46. The second-order valence-electron chi connectivity index (χ2n) is 7.32. The molecule has 0 aliphatic heterocycles. The molecule has 0 spiro atoms. The van der Waals surface area contributed by atoms with Crippen molar-refractivity contribution < 1.29 is 0 Å². The van der Waals surface area contributed by atoms with Crippen LogP contribution in [-0.2, 0) is 0 Å². The van der Waals surface area contributed by atoms with Crippen LogP contribution in [0.15, 0.2) is 0 Å². The molecule has 0 N–H and O–H groups in total. The maximum absolute atomic E-state index is 2.46. The summed E-state index contributed by atoms with van der Waals surface area (Å²) in [6.45, 7) is 15.1. The molecule has 0 bridgehead atoms. The molecule has 0 saturated carbocycles. The third-order valence-electron chi connectivity index (χ3n) is 3.32. The van der Waals surface area contributed by atoms with E-state index in [0.29, 0.717) is 11.0 Å². The summed E-state index contributed by atoms with van der Waals surface area (Å²) in [5.74, 6) is 0. The van der Waals surface area contributed by atoms with Crippen LogP contribution in [-0.4, -0.2) is 24.0 Å². The second-order valence-corrected chi connectivity index (χ2v) is 7.32. The number of nitrogens with zero attached hydrogens (tertiary/aromatic N) is 1. The Morgan fingerprint density at radius 2 is 1.25 bits per heavy atom. The molecule has 0 aliphatic carbocycles. The lowest BCUT2D eigenvalue weighted by Gasteiger charge is -2.31. The first-order valence-electron chi connectivity index (χ1n) is 6.84. The van der Waals surface area contributed by atoms with Gasteiger partial charge in [0, 0.05) is 5.54 Å². The van der Waals surface area contributed by atoms with Crippen molar-refractivity contribution in [3.63, 3.8) is 0 Å². The molecule has 1 nitrogen and oxygen atoms in total. The van der Waals surface area contributed by atoms with Crippen LogP contribution in [0.3, 0.4) is 0 Å². The quantitative estimate of drug-likeness (QED) is 0.594. The first-order chi connectivity index (χ1) is 7.13. The topological polar surface area (TPSA) is 3.24 Å². The zero-order valence-electron chi connectivity index (χ0n) is 12.7. The maximum atomic E-state index is 2.46. The molecule has 1 heteroatoms. The third-order valence-corrected chi connectivity index (χ3v) is 3.32. The third kappa shape index (κ3) is 9.21. The highest BCUT2D eigenvalue weighted by Crippen LogP contribution is 2.22. The van der Waals surface area contributed by atoms with Gasteiger partial charge in [0.05, 0.1) is 0 Å². The molecular weight excluding hydrogens is 194 g/mol. The molecule has 0 aromatic carbocycles. The Morgan fingerprint density at radius 1 is 0.750 bits per heavy atom. The molecular formula is C15H33N. The standard InChI is InChI=1S/C15H33N/c1-14(2,3)12-10-8-9-11-13-16(7)15(4,5)6/h8-13H2,1-7H3. The van der Waals surface area contributed by atoms with Gasteiger partial charge in [-0.25, -0.2) is 0 Å². The predicted molar refractivity (Wildman–Crippen MR) is 74.9 cm³/mol. The number of rotatable bonds is 6. The van der Waals surface area contributed by atoms with Crippen LogP contribution in [0.1, 0.15) is 73.6 Å². The molecule has 0 radical (unpaired) electrons. The molecule has 0 aromatic heterocycles. The number of hydrogen-bond donors (Lipinski definition) is 0. The molecule has 0 saturated heterocycles. The Kier molecular flexibility index (Phi) is 6.62. The van der Waals surface area contributed by atoms with Gasteiger partial charge in [0.1, 0.15) is 0 Å². The van der Waals surface area contributed by atoms with Gasteiger partial charge in [-0.2, -0.15) is 0 Å². The monoisotopic (exact) mass is 227 g/mol. The van der Waals surface area contributed by atoms with Gasteiger partial charge in [-0.1, -0.05) is 40.0 Å². The molecule has 16 heavy (non-hydrogen) atoms. The van der Waals surface area contributed by atoms with Gasteiger partial charge in [0.2, 0.25) is 0 Å². The molecule has 0 atom stereocenters. The summed E-state index contributed by atoms with van der Waals surface area (Å²) in [7, 11) is 2.23. The van der Waals surface area contributed by atoms with Gasteiger partial charge in [-0.05, 0) is 52.6 Å². The van der Waals surface area contributed by atoms with Gasteiger partial charge in [0.15, 0.2) is 0 Å². The van der Waals surface area contributed by atoms with E-state index >= 15 is 0 Å². The van der Waals surface area contributed by atoms with Crippen molar-refractivity contribution in [1.29, 1.82) is 0 Å². The van der Waals surface area contributed by atoms with E-state index in [9.17, 15) is 0 Å². The minimum Gasteiger partial charge on any atom is -0.302 e. The molecule has 0 aromatic rings. The fraction of sp³-hybridized carbons (Fsp3) is 1.00. The summed E-state index contributed by atoms with van der Waals surface area (Å²) in [5.41, 5.74) is 0.841. The Bertz CT molecular complexity index is 171. The van der Waals surface area contributed by atoms with E-state index in [1.807, 2.05) is 0 Å².